The minimum absolute atomic E-state index is 0.709. The van der Waals surface area contributed by atoms with Crippen LogP contribution in [0.2, 0.25) is 0 Å². The van der Waals surface area contributed by atoms with E-state index in [2.05, 4.69) is 27.8 Å². The summed E-state index contributed by atoms with van der Waals surface area (Å²) in [5.74, 6) is 0. The lowest BCUT2D eigenvalue weighted by Gasteiger charge is -2.04. The summed E-state index contributed by atoms with van der Waals surface area (Å²) in [5, 5.41) is 1.11. The SMILES string of the molecule is Cc1ccnc2c(N)c(Br)ccc12. The molecule has 2 N–H and O–H groups in total. The number of nitrogen functional groups attached to an aromatic ring is 1. The summed E-state index contributed by atoms with van der Waals surface area (Å²) >= 11 is 3.38. The molecule has 2 rings (SSSR count). The molecule has 0 unspecified atom stereocenters. The number of halogens is 1. The Kier molecular flexibility index (Phi) is 1.96. The molecule has 0 amide bonds. The fourth-order valence-corrected chi connectivity index (χ4v) is 1.67. The predicted molar refractivity (Wildman–Crippen MR) is 58.6 cm³/mol. The first-order valence-electron chi connectivity index (χ1n) is 3.99. The third-order valence-corrected chi connectivity index (χ3v) is 2.81. The van der Waals surface area contributed by atoms with Gasteiger partial charge < -0.3 is 5.73 Å². The molecule has 0 aliphatic heterocycles. The first-order chi connectivity index (χ1) is 6.20. The number of benzene rings is 1. The zero-order valence-corrected chi connectivity index (χ0v) is 8.80. The van der Waals surface area contributed by atoms with E-state index in [1.165, 1.54) is 5.56 Å². The summed E-state index contributed by atoms with van der Waals surface area (Å²) in [6, 6.07) is 5.96. The van der Waals surface area contributed by atoms with Crippen molar-refractivity contribution in [1.29, 1.82) is 0 Å². The maximum absolute atomic E-state index is 5.88. The van der Waals surface area contributed by atoms with Gasteiger partial charge in [-0.05, 0) is 40.5 Å². The molecule has 2 aromatic rings. The minimum atomic E-state index is 0.709. The average molecular weight is 237 g/mol. The van der Waals surface area contributed by atoms with Gasteiger partial charge in [-0.1, -0.05) is 6.07 Å². The number of rotatable bonds is 0. The second-order valence-electron chi connectivity index (χ2n) is 2.99. The standard InChI is InChI=1S/C10H9BrN2/c1-6-4-5-13-10-7(6)2-3-8(11)9(10)12/h2-5H,12H2,1H3. The first kappa shape index (κ1) is 8.51. The fraction of sp³-hybridized carbons (Fsp3) is 0.100. The second kappa shape index (κ2) is 3.00. The molecule has 0 spiro atoms. The molecular weight excluding hydrogens is 228 g/mol. The van der Waals surface area contributed by atoms with Crippen molar-refractivity contribution < 1.29 is 0 Å². The van der Waals surface area contributed by atoms with Crippen LogP contribution >= 0.6 is 15.9 Å². The highest BCUT2D eigenvalue weighted by atomic mass is 79.9. The third kappa shape index (κ3) is 1.29. The molecule has 0 aliphatic rings. The molecular formula is C10H9BrN2. The number of nitrogens with zero attached hydrogens (tertiary/aromatic N) is 1. The van der Waals surface area contributed by atoms with Crippen molar-refractivity contribution in [3.8, 4) is 0 Å². The molecule has 3 heteroatoms. The maximum Gasteiger partial charge on any atom is 0.0945 e. The molecule has 13 heavy (non-hydrogen) atoms. The van der Waals surface area contributed by atoms with Crippen LogP contribution in [0.3, 0.4) is 0 Å². The topological polar surface area (TPSA) is 38.9 Å². The highest BCUT2D eigenvalue weighted by Crippen LogP contribution is 2.28. The molecule has 0 fully saturated rings. The van der Waals surface area contributed by atoms with Gasteiger partial charge in [0.2, 0.25) is 0 Å². The van der Waals surface area contributed by atoms with Crippen molar-refractivity contribution in [3.63, 3.8) is 0 Å². The Balaban J connectivity index is 2.94. The maximum atomic E-state index is 5.88. The Hall–Kier alpha value is -1.09. The molecule has 0 saturated carbocycles. The molecule has 66 valence electrons. The Morgan fingerprint density at radius 3 is 2.85 bits per heavy atom. The van der Waals surface area contributed by atoms with Gasteiger partial charge in [0.05, 0.1) is 11.2 Å². The lowest BCUT2D eigenvalue weighted by molar-refractivity contribution is 1.37. The van der Waals surface area contributed by atoms with Crippen molar-refractivity contribution in [3.05, 3.63) is 34.4 Å². The number of aryl methyl sites for hydroxylation is 1. The van der Waals surface area contributed by atoms with Crippen molar-refractivity contribution in [2.24, 2.45) is 0 Å². The van der Waals surface area contributed by atoms with Crippen LogP contribution in [-0.4, -0.2) is 4.98 Å². The average Bonchev–Trinajstić information content (AvgIpc) is 2.12. The molecule has 0 atom stereocenters. The van der Waals surface area contributed by atoms with Gasteiger partial charge in [-0.3, -0.25) is 4.98 Å². The van der Waals surface area contributed by atoms with E-state index in [1.54, 1.807) is 6.20 Å². The van der Waals surface area contributed by atoms with Crippen LogP contribution in [0, 0.1) is 6.92 Å². The van der Waals surface area contributed by atoms with E-state index in [0.29, 0.717) is 5.69 Å². The van der Waals surface area contributed by atoms with Crippen molar-refractivity contribution >= 4 is 32.5 Å². The van der Waals surface area contributed by atoms with Crippen molar-refractivity contribution in [1.82, 2.24) is 4.98 Å². The van der Waals surface area contributed by atoms with Crippen LogP contribution in [0.1, 0.15) is 5.56 Å². The van der Waals surface area contributed by atoms with Crippen LogP contribution in [0.25, 0.3) is 10.9 Å². The smallest absolute Gasteiger partial charge is 0.0945 e. The van der Waals surface area contributed by atoms with Gasteiger partial charge in [0.15, 0.2) is 0 Å². The number of fused-ring (bicyclic) bond motifs is 1. The molecule has 0 radical (unpaired) electrons. The zero-order valence-electron chi connectivity index (χ0n) is 7.21. The van der Waals surface area contributed by atoms with E-state index < -0.39 is 0 Å². The lowest BCUT2D eigenvalue weighted by Crippen LogP contribution is -1.92. The summed E-state index contributed by atoms with van der Waals surface area (Å²) in [4.78, 5) is 4.25. The van der Waals surface area contributed by atoms with Crippen LogP contribution in [0.15, 0.2) is 28.9 Å². The molecule has 1 heterocycles. The molecule has 1 aromatic carbocycles. The molecule has 0 saturated heterocycles. The highest BCUT2D eigenvalue weighted by Gasteiger charge is 2.04. The van der Waals surface area contributed by atoms with Gasteiger partial charge in [-0.15, -0.1) is 0 Å². The van der Waals surface area contributed by atoms with E-state index >= 15 is 0 Å². The number of hydrogen-bond acceptors (Lipinski definition) is 2. The summed E-state index contributed by atoms with van der Waals surface area (Å²) in [6.45, 7) is 2.05. The molecule has 2 nitrogen and oxygen atoms in total. The predicted octanol–water partition coefficient (Wildman–Crippen LogP) is 2.89. The third-order valence-electron chi connectivity index (χ3n) is 2.12. The van der Waals surface area contributed by atoms with Crippen molar-refractivity contribution in [2.75, 3.05) is 5.73 Å². The van der Waals surface area contributed by atoms with Gasteiger partial charge in [0.25, 0.3) is 0 Å². The number of nitrogens with two attached hydrogens (primary N) is 1. The minimum Gasteiger partial charge on any atom is -0.396 e. The van der Waals surface area contributed by atoms with E-state index in [9.17, 15) is 0 Å². The van der Waals surface area contributed by atoms with Crippen molar-refractivity contribution in [2.45, 2.75) is 6.92 Å². The highest BCUT2D eigenvalue weighted by molar-refractivity contribution is 9.10. The second-order valence-corrected chi connectivity index (χ2v) is 3.84. The Labute approximate surface area is 84.9 Å². The quantitative estimate of drug-likeness (QED) is 0.715. The van der Waals surface area contributed by atoms with Gasteiger partial charge >= 0.3 is 0 Å². The van der Waals surface area contributed by atoms with Gasteiger partial charge in [0.1, 0.15) is 0 Å². The molecule has 0 aliphatic carbocycles. The van der Waals surface area contributed by atoms with E-state index in [-0.39, 0.29) is 0 Å². The Morgan fingerprint density at radius 2 is 2.08 bits per heavy atom. The van der Waals surface area contributed by atoms with E-state index in [4.69, 9.17) is 5.73 Å². The Morgan fingerprint density at radius 1 is 1.31 bits per heavy atom. The monoisotopic (exact) mass is 236 g/mol. The van der Waals surface area contributed by atoms with Crippen LogP contribution < -0.4 is 5.73 Å². The number of pyridine rings is 1. The largest absolute Gasteiger partial charge is 0.396 e. The summed E-state index contributed by atoms with van der Waals surface area (Å²) in [6.07, 6.45) is 1.78. The number of aromatic nitrogens is 1. The van der Waals surface area contributed by atoms with Crippen LogP contribution in [0.4, 0.5) is 5.69 Å². The normalized spacial score (nSPS) is 10.6. The summed E-state index contributed by atoms with van der Waals surface area (Å²) in [5.41, 5.74) is 8.66. The number of anilines is 1. The van der Waals surface area contributed by atoms with E-state index in [1.807, 2.05) is 18.2 Å². The summed E-state index contributed by atoms with van der Waals surface area (Å²) in [7, 11) is 0. The Bertz CT molecular complexity index is 466. The van der Waals surface area contributed by atoms with Crippen LogP contribution in [-0.2, 0) is 0 Å². The molecule has 0 bridgehead atoms. The molecule has 1 aromatic heterocycles. The van der Waals surface area contributed by atoms with E-state index in [0.717, 1.165) is 15.4 Å². The lowest BCUT2D eigenvalue weighted by atomic mass is 10.1. The van der Waals surface area contributed by atoms with Gasteiger partial charge in [-0.25, -0.2) is 0 Å². The van der Waals surface area contributed by atoms with Gasteiger partial charge in [0, 0.05) is 16.1 Å². The zero-order chi connectivity index (χ0) is 9.42. The first-order valence-corrected chi connectivity index (χ1v) is 4.79. The fourth-order valence-electron chi connectivity index (χ4n) is 1.35. The number of hydrogen-bond donors (Lipinski definition) is 1. The van der Waals surface area contributed by atoms with Gasteiger partial charge in [-0.2, -0.15) is 0 Å². The summed E-state index contributed by atoms with van der Waals surface area (Å²) < 4.78 is 0.901. The van der Waals surface area contributed by atoms with Crippen LogP contribution in [0.5, 0.6) is 0 Å².